The summed E-state index contributed by atoms with van der Waals surface area (Å²) in [5, 5.41) is 15.4. The van der Waals surface area contributed by atoms with E-state index in [0.717, 1.165) is 0 Å². The Morgan fingerprint density at radius 1 is 1.19 bits per heavy atom. The van der Waals surface area contributed by atoms with Crippen LogP contribution in [0.5, 0.6) is 11.5 Å². The van der Waals surface area contributed by atoms with E-state index in [2.05, 4.69) is 15.6 Å². The second-order valence-electron chi connectivity index (χ2n) is 14.9. The summed E-state index contributed by atoms with van der Waals surface area (Å²) in [5.41, 5.74) is -1.23. The number of hydrogen-bond donors (Lipinski definition) is 4. The van der Waals surface area contributed by atoms with Gasteiger partial charge in [0.25, 0.3) is 5.91 Å². The number of carbonyl (C=O) groups is 4. The SMILES string of the molecule is CCOc1ccc2nc(Cl)c(O[C@@H]3C[C@H]4C(=O)N[C@]5(C(=O)NS(=O)(=O)C6(CF)CC6)C[C@H]5C=CCC[C@@H](C)C[C@@H](C)[C@H](NC(=O)O)C(=O)N4C3)c(Cl)c2c1. The number of nitrogens with zero attached hydrogens (tertiary/aromatic N) is 2. The normalized spacial score (nSPS) is 29.6. The first-order valence-corrected chi connectivity index (χ1v) is 20.3. The van der Waals surface area contributed by atoms with Crippen molar-refractivity contribution < 1.29 is 46.6 Å². The van der Waals surface area contributed by atoms with Crippen molar-refractivity contribution in [1.29, 1.82) is 0 Å². The van der Waals surface area contributed by atoms with Crippen LogP contribution in [0.15, 0.2) is 30.4 Å². The molecule has 2 aromatic rings. The Labute approximate surface area is 322 Å². The molecule has 1 saturated heterocycles. The van der Waals surface area contributed by atoms with Gasteiger partial charge in [0.15, 0.2) is 10.9 Å². The second-order valence-corrected chi connectivity index (χ2v) is 17.7. The number of alkyl halides is 1. The number of amides is 4. The van der Waals surface area contributed by atoms with Gasteiger partial charge < -0.3 is 30.1 Å². The molecule has 1 aromatic heterocycles. The predicted octanol–water partition coefficient (Wildman–Crippen LogP) is 4.76. The molecule has 18 heteroatoms. The van der Waals surface area contributed by atoms with E-state index < -0.39 is 80.8 Å². The van der Waals surface area contributed by atoms with Crippen molar-refractivity contribution in [2.45, 2.75) is 94.2 Å². The number of sulfonamides is 1. The predicted molar refractivity (Wildman–Crippen MR) is 198 cm³/mol. The Morgan fingerprint density at radius 3 is 2.59 bits per heavy atom. The number of nitrogens with one attached hydrogen (secondary N) is 3. The highest BCUT2D eigenvalue weighted by atomic mass is 35.5. The summed E-state index contributed by atoms with van der Waals surface area (Å²) in [5.74, 6) is -2.94. The summed E-state index contributed by atoms with van der Waals surface area (Å²) in [4.78, 5) is 60.1. The molecule has 4 aliphatic rings. The molecule has 6 rings (SSSR count). The van der Waals surface area contributed by atoms with E-state index in [0.29, 0.717) is 42.5 Å². The molecule has 0 unspecified atom stereocenters. The lowest BCUT2D eigenvalue weighted by Crippen LogP contribution is -2.59. The molecule has 1 aromatic carbocycles. The van der Waals surface area contributed by atoms with Crippen LogP contribution in [0.1, 0.15) is 65.7 Å². The van der Waals surface area contributed by atoms with Gasteiger partial charge in [0.1, 0.15) is 40.9 Å². The van der Waals surface area contributed by atoms with Gasteiger partial charge in [0.2, 0.25) is 21.8 Å². The lowest BCUT2D eigenvalue weighted by atomic mass is 9.88. The molecule has 2 aliphatic heterocycles. The highest BCUT2D eigenvalue weighted by Gasteiger charge is 2.64. The van der Waals surface area contributed by atoms with Gasteiger partial charge in [-0.1, -0.05) is 49.2 Å². The third-order valence-corrected chi connectivity index (χ3v) is 13.7. The van der Waals surface area contributed by atoms with E-state index in [1.807, 2.05) is 24.6 Å². The topological polar surface area (TPSA) is 193 Å². The van der Waals surface area contributed by atoms with Crippen molar-refractivity contribution in [2.24, 2.45) is 17.8 Å². The molecular formula is C36H44Cl2FN5O9S. The molecule has 7 atom stereocenters. The van der Waals surface area contributed by atoms with Crippen molar-refractivity contribution in [3.05, 3.63) is 40.5 Å². The molecule has 0 bridgehead atoms. The summed E-state index contributed by atoms with van der Waals surface area (Å²) >= 11 is 13.4. The van der Waals surface area contributed by atoms with E-state index in [-0.39, 0.29) is 54.1 Å². The number of fused-ring (bicyclic) bond motifs is 3. The van der Waals surface area contributed by atoms with Crippen LogP contribution in [0.2, 0.25) is 10.2 Å². The molecule has 4 amide bonds. The molecule has 2 saturated carbocycles. The molecule has 4 N–H and O–H groups in total. The molecule has 3 fully saturated rings. The second kappa shape index (κ2) is 15.3. The van der Waals surface area contributed by atoms with Crippen LogP contribution in [0.4, 0.5) is 9.18 Å². The Morgan fingerprint density at radius 2 is 1.93 bits per heavy atom. The number of benzene rings is 1. The van der Waals surface area contributed by atoms with Gasteiger partial charge in [-0.2, -0.15) is 0 Å². The van der Waals surface area contributed by atoms with Crippen LogP contribution >= 0.6 is 23.2 Å². The molecule has 0 spiro atoms. The highest BCUT2D eigenvalue weighted by molar-refractivity contribution is 7.91. The van der Waals surface area contributed by atoms with Crippen molar-refractivity contribution in [3.63, 3.8) is 0 Å². The third kappa shape index (κ3) is 7.79. The van der Waals surface area contributed by atoms with Crippen LogP contribution in [-0.2, 0) is 24.4 Å². The van der Waals surface area contributed by atoms with E-state index in [1.165, 1.54) is 4.90 Å². The zero-order valence-corrected chi connectivity index (χ0v) is 32.4. The Bertz CT molecular complexity index is 1980. The lowest BCUT2D eigenvalue weighted by Gasteiger charge is -2.32. The average Bonchev–Trinajstić information content (AvgIpc) is 4.02. The van der Waals surface area contributed by atoms with Crippen LogP contribution in [0, 0.1) is 17.8 Å². The van der Waals surface area contributed by atoms with Crippen LogP contribution in [-0.4, -0.2) is 95.5 Å². The largest absolute Gasteiger partial charge is 0.494 e. The van der Waals surface area contributed by atoms with Gasteiger partial charge in [0, 0.05) is 17.7 Å². The van der Waals surface area contributed by atoms with Crippen molar-refractivity contribution in [3.8, 4) is 11.5 Å². The quantitative estimate of drug-likeness (QED) is 0.203. The minimum absolute atomic E-state index is 0.00204. The van der Waals surface area contributed by atoms with Gasteiger partial charge >= 0.3 is 6.09 Å². The van der Waals surface area contributed by atoms with Crippen molar-refractivity contribution in [1.82, 2.24) is 25.2 Å². The van der Waals surface area contributed by atoms with E-state index >= 15 is 0 Å². The zero-order valence-electron chi connectivity index (χ0n) is 30.1. The number of aromatic nitrogens is 1. The number of pyridine rings is 1. The number of hydrogen-bond acceptors (Lipinski definition) is 9. The van der Waals surface area contributed by atoms with E-state index in [4.69, 9.17) is 32.7 Å². The number of ether oxygens (including phenoxy) is 2. The molecular weight excluding hydrogens is 768 g/mol. The summed E-state index contributed by atoms with van der Waals surface area (Å²) < 4.78 is 52.2. The zero-order chi connectivity index (χ0) is 39.2. The standard InChI is InChI=1S/C36H44Cl2FN5O9S/c1-4-52-22-9-10-25-24(14-22)27(37)29(30(38)40-25)53-23-15-26-31(45)42-36(33(47)43-54(50,51)35(18-39)11-12-35)16-21(36)8-6-5-7-19(2)13-20(3)28(41-34(48)49)32(46)44(26)17-23/h6,8-10,14,19-21,23,26,28,41H,4-5,7,11-13,15-18H2,1-3H3,(H,42,45)(H,43,47)(H,48,49)/t19-,20-,21-,23-,26+,28+,36-/m1/s1. The average molecular weight is 813 g/mol. The van der Waals surface area contributed by atoms with Gasteiger partial charge in [-0.3, -0.25) is 19.1 Å². The monoisotopic (exact) mass is 811 g/mol. The van der Waals surface area contributed by atoms with Crippen LogP contribution in [0.25, 0.3) is 10.9 Å². The molecule has 2 aliphatic carbocycles. The molecule has 294 valence electrons. The van der Waals surface area contributed by atoms with Crippen molar-refractivity contribution in [2.75, 3.05) is 19.8 Å². The lowest BCUT2D eigenvalue weighted by molar-refractivity contribution is -0.142. The number of halogens is 3. The maximum absolute atomic E-state index is 14.4. The first-order chi connectivity index (χ1) is 25.5. The van der Waals surface area contributed by atoms with Gasteiger partial charge in [-0.05, 0) is 75.5 Å². The molecule has 54 heavy (non-hydrogen) atoms. The molecule has 0 radical (unpaired) electrons. The van der Waals surface area contributed by atoms with Gasteiger partial charge in [-0.15, -0.1) is 0 Å². The summed E-state index contributed by atoms with van der Waals surface area (Å²) in [7, 11) is -4.41. The summed E-state index contributed by atoms with van der Waals surface area (Å²) in [6.07, 6.45) is 3.08. The van der Waals surface area contributed by atoms with Gasteiger partial charge in [0.05, 0.1) is 23.7 Å². The highest BCUT2D eigenvalue weighted by Crippen LogP contribution is 2.48. The summed E-state index contributed by atoms with van der Waals surface area (Å²) in [6, 6.07) is 2.56. The summed E-state index contributed by atoms with van der Waals surface area (Å²) in [6.45, 7) is 4.63. The molecule has 3 heterocycles. The van der Waals surface area contributed by atoms with E-state index in [1.54, 1.807) is 31.2 Å². The minimum Gasteiger partial charge on any atom is -0.494 e. The fourth-order valence-electron chi connectivity index (χ4n) is 7.57. The minimum atomic E-state index is -4.41. The first-order valence-electron chi connectivity index (χ1n) is 18.0. The Balaban J connectivity index is 1.35. The van der Waals surface area contributed by atoms with E-state index in [9.17, 15) is 37.1 Å². The first kappa shape index (κ1) is 39.8. The number of carboxylic acid groups (broad SMARTS) is 1. The maximum atomic E-state index is 14.4. The van der Waals surface area contributed by atoms with Crippen LogP contribution < -0.4 is 24.8 Å². The molecule has 14 nitrogen and oxygen atoms in total. The third-order valence-electron chi connectivity index (χ3n) is 11.0. The fraction of sp³-hybridized carbons (Fsp3) is 0.583. The Hall–Kier alpha value is -3.89. The number of carbonyl (C=O) groups excluding carboxylic acids is 3. The fourth-order valence-corrected chi connectivity index (χ4v) is 9.55. The van der Waals surface area contributed by atoms with Crippen molar-refractivity contribution >= 4 is 67.9 Å². The maximum Gasteiger partial charge on any atom is 0.405 e. The van der Waals surface area contributed by atoms with Gasteiger partial charge in [-0.25, -0.2) is 22.6 Å². The smallest absolute Gasteiger partial charge is 0.405 e. The van der Waals surface area contributed by atoms with Crippen LogP contribution in [0.3, 0.4) is 0 Å². The number of allylic oxidation sites excluding steroid dienone is 1. The Kier molecular flexibility index (Phi) is 11.3. The number of rotatable bonds is 9.